The number of phenols is 1. The van der Waals surface area contributed by atoms with E-state index < -0.39 is 18.9 Å². The van der Waals surface area contributed by atoms with Crippen LogP contribution in [0.3, 0.4) is 0 Å². The molecule has 6 heteroatoms. The summed E-state index contributed by atoms with van der Waals surface area (Å²) in [6.07, 6.45) is -2.92. The zero-order valence-electron chi connectivity index (χ0n) is 7.66. The monoisotopic (exact) mass is 301 g/mol. The number of alkyl halides is 2. The number of para-hydroxylation sites is 1. The summed E-state index contributed by atoms with van der Waals surface area (Å²) in [4.78, 5) is 0. The lowest BCUT2D eigenvalue weighted by Gasteiger charge is -2.13. The van der Waals surface area contributed by atoms with E-state index in [2.05, 4.69) is 15.9 Å². The first-order valence-corrected chi connectivity index (χ1v) is 4.82. The van der Waals surface area contributed by atoms with Crippen molar-refractivity contribution in [2.24, 2.45) is 5.73 Å². The molecule has 0 radical (unpaired) electrons. The van der Waals surface area contributed by atoms with E-state index in [-0.39, 0.29) is 18.2 Å². The summed E-state index contributed by atoms with van der Waals surface area (Å²) in [6.45, 7) is 0. The molecule has 2 nitrogen and oxygen atoms in total. The molecule has 0 aromatic heterocycles. The molecule has 0 unspecified atom stereocenters. The molecule has 1 rings (SSSR count). The first kappa shape index (κ1) is 14.6. The quantitative estimate of drug-likeness (QED) is 0.900. The van der Waals surface area contributed by atoms with Gasteiger partial charge < -0.3 is 10.8 Å². The standard InChI is InChI=1S/C9H10BrF2NO.ClH/c10-6-3-1-2-5(9(6)14)7(13)4-8(11)12;/h1-3,7-8,14H,4,13H2;1H/t7-;/m0./s1. The lowest BCUT2D eigenvalue weighted by atomic mass is 10.0. The molecule has 0 saturated heterocycles. The fourth-order valence-electron chi connectivity index (χ4n) is 1.15. The molecule has 0 bridgehead atoms. The predicted molar refractivity (Wildman–Crippen MR) is 60.6 cm³/mol. The zero-order chi connectivity index (χ0) is 10.7. The van der Waals surface area contributed by atoms with Crippen LogP contribution in [0.4, 0.5) is 8.78 Å². The maximum absolute atomic E-state index is 12.0. The van der Waals surface area contributed by atoms with Gasteiger partial charge in [0.05, 0.1) is 4.47 Å². The topological polar surface area (TPSA) is 46.2 Å². The van der Waals surface area contributed by atoms with E-state index >= 15 is 0 Å². The summed E-state index contributed by atoms with van der Waals surface area (Å²) < 4.78 is 24.5. The SMILES string of the molecule is Cl.N[C@@H](CC(F)F)c1cccc(Br)c1O. The van der Waals surface area contributed by atoms with Crippen LogP contribution in [0.15, 0.2) is 22.7 Å². The summed E-state index contributed by atoms with van der Waals surface area (Å²) in [7, 11) is 0. The molecule has 0 aliphatic rings. The van der Waals surface area contributed by atoms with Gasteiger partial charge in [0, 0.05) is 18.0 Å². The van der Waals surface area contributed by atoms with Crippen molar-refractivity contribution < 1.29 is 13.9 Å². The summed E-state index contributed by atoms with van der Waals surface area (Å²) >= 11 is 3.09. The van der Waals surface area contributed by atoms with Crippen molar-refractivity contribution >= 4 is 28.3 Å². The summed E-state index contributed by atoms with van der Waals surface area (Å²) in [5.41, 5.74) is 5.84. The van der Waals surface area contributed by atoms with Crippen LogP contribution in [0.5, 0.6) is 5.75 Å². The highest BCUT2D eigenvalue weighted by molar-refractivity contribution is 9.10. The van der Waals surface area contributed by atoms with Gasteiger partial charge in [-0.25, -0.2) is 8.78 Å². The van der Waals surface area contributed by atoms with E-state index in [4.69, 9.17) is 5.73 Å². The number of halogens is 4. The molecule has 0 saturated carbocycles. The Morgan fingerprint density at radius 2 is 2.00 bits per heavy atom. The largest absolute Gasteiger partial charge is 0.506 e. The average Bonchev–Trinajstić information content (AvgIpc) is 2.08. The zero-order valence-corrected chi connectivity index (χ0v) is 10.1. The molecule has 0 spiro atoms. The minimum Gasteiger partial charge on any atom is -0.506 e. The lowest BCUT2D eigenvalue weighted by molar-refractivity contribution is 0.128. The van der Waals surface area contributed by atoms with E-state index in [0.29, 0.717) is 10.0 Å². The second-order valence-electron chi connectivity index (χ2n) is 2.91. The Kier molecular flexibility index (Phi) is 6.09. The predicted octanol–water partition coefficient (Wildman–Crippen LogP) is 3.23. The molecule has 0 aliphatic carbocycles. The highest BCUT2D eigenvalue weighted by Crippen LogP contribution is 2.32. The van der Waals surface area contributed by atoms with Gasteiger partial charge in [0.2, 0.25) is 6.43 Å². The van der Waals surface area contributed by atoms with Gasteiger partial charge in [0.15, 0.2) is 0 Å². The van der Waals surface area contributed by atoms with Gasteiger partial charge in [-0.1, -0.05) is 12.1 Å². The highest BCUT2D eigenvalue weighted by Gasteiger charge is 2.16. The van der Waals surface area contributed by atoms with E-state index in [0.717, 1.165) is 0 Å². The van der Waals surface area contributed by atoms with Gasteiger partial charge >= 0.3 is 0 Å². The Morgan fingerprint density at radius 3 is 2.53 bits per heavy atom. The van der Waals surface area contributed by atoms with Crippen LogP contribution < -0.4 is 5.73 Å². The number of hydrogen-bond acceptors (Lipinski definition) is 2. The first-order valence-electron chi connectivity index (χ1n) is 4.03. The summed E-state index contributed by atoms with van der Waals surface area (Å²) in [5.74, 6) is -0.0688. The van der Waals surface area contributed by atoms with Gasteiger partial charge in [-0.2, -0.15) is 0 Å². The molecule has 1 aromatic carbocycles. The van der Waals surface area contributed by atoms with E-state index in [9.17, 15) is 13.9 Å². The molecular weight excluding hydrogens is 291 g/mol. The minimum atomic E-state index is -2.47. The first-order chi connectivity index (χ1) is 6.52. The second kappa shape index (κ2) is 6.25. The van der Waals surface area contributed by atoms with Crippen LogP contribution in [-0.4, -0.2) is 11.5 Å². The Balaban J connectivity index is 0.00000196. The van der Waals surface area contributed by atoms with Crippen LogP contribution in [0.1, 0.15) is 18.0 Å². The Morgan fingerprint density at radius 1 is 1.40 bits per heavy atom. The second-order valence-corrected chi connectivity index (χ2v) is 3.77. The van der Waals surface area contributed by atoms with E-state index in [1.807, 2.05) is 0 Å². The van der Waals surface area contributed by atoms with Crippen molar-refractivity contribution in [2.75, 3.05) is 0 Å². The number of rotatable bonds is 3. The minimum absolute atomic E-state index is 0. The number of hydrogen-bond donors (Lipinski definition) is 2. The van der Waals surface area contributed by atoms with E-state index in [1.54, 1.807) is 12.1 Å². The maximum atomic E-state index is 12.0. The highest BCUT2D eigenvalue weighted by atomic mass is 79.9. The normalized spacial score (nSPS) is 12.3. The molecule has 0 heterocycles. The third-order valence-corrected chi connectivity index (χ3v) is 2.49. The molecule has 0 fully saturated rings. The Hall–Kier alpha value is -0.390. The molecule has 1 atom stereocenters. The van der Waals surface area contributed by atoms with Gasteiger partial charge in [-0.15, -0.1) is 12.4 Å². The van der Waals surface area contributed by atoms with Crippen LogP contribution in [0.25, 0.3) is 0 Å². The average molecular weight is 303 g/mol. The summed E-state index contributed by atoms with van der Waals surface area (Å²) in [5, 5.41) is 9.51. The fraction of sp³-hybridized carbons (Fsp3) is 0.333. The van der Waals surface area contributed by atoms with Gasteiger partial charge in [-0.05, 0) is 22.0 Å². The van der Waals surface area contributed by atoms with Crippen LogP contribution >= 0.6 is 28.3 Å². The van der Waals surface area contributed by atoms with Crippen molar-refractivity contribution in [1.82, 2.24) is 0 Å². The maximum Gasteiger partial charge on any atom is 0.240 e. The molecule has 15 heavy (non-hydrogen) atoms. The number of phenolic OH excluding ortho intramolecular Hbond substituents is 1. The van der Waals surface area contributed by atoms with Gasteiger partial charge in [0.25, 0.3) is 0 Å². The molecule has 86 valence electrons. The van der Waals surface area contributed by atoms with Crippen LogP contribution in [-0.2, 0) is 0 Å². The van der Waals surface area contributed by atoms with Crippen LogP contribution in [0, 0.1) is 0 Å². The van der Waals surface area contributed by atoms with Crippen LogP contribution in [0.2, 0.25) is 0 Å². The van der Waals surface area contributed by atoms with Crippen molar-refractivity contribution in [2.45, 2.75) is 18.9 Å². The van der Waals surface area contributed by atoms with Gasteiger partial charge in [0.1, 0.15) is 5.75 Å². The number of aromatic hydroxyl groups is 1. The number of nitrogens with two attached hydrogens (primary N) is 1. The van der Waals surface area contributed by atoms with Gasteiger partial charge in [-0.3, -0.25) is 0 Å². The van der Waals surface area contributed by atoms with Crippen molar-refractivity contribution in [3.63, 3.8) is 0 Å². The molecule has 0 amide bonds. The lowest BCUT2D eigenvalue weighted by Crippen LogP contribution is -2.14. The smallest absolute Gasteiger partial charge is 0.240 e. The molecule has 1 aromatic rings. The van der Waals surface area contributed by atoms with Crippen molar-refractivity contribution in [1.29, 1.82) is 0 Å². The fourth-order valence-corrected chi connectivity index (χ4v) is 1.53. The Labute approximate surface area is 101 Å². The summed E-state index contributed by atoms with van der Waals surface area (Å²) in [6, 6.07) is 3.96. The van der Waals surface area contributed by atoms with Crippen molar-refractivity contribution in [3.05, 3.63) is 28.2 Å². The molecular formula is C9H11BrClF2NO. The third kappa shape index (κ3) is 3.93. The Bertz CT molecular complexity index is 325. The van der Waals surface area contributed by atoms with E-state index in [1.165, 1.54) is 6.07 Å². The molecule has 3 N–H and O–H groups in total. The third-order valence-electron chi connectivity index (χ3n) is 1.85. The molecule has 0 aliphatic heterocycles. The van der Waals surface area contributed by atoms with Crippen molar-refractivity contribution in [3.8, 4) is 5.75 Å². The number of benzene rings is 1.